The average Bonchev–Trinajstić information content (AvgIpc) is 2.44. The number of nitriles is 1. The van der Waals surface area contributed by atoms with Crippen LogP contribution in [0.15, 0.2) is 42.5 Å². The average molecular weight is 286 g/mol. The van der Waals surface area contributed by atoms with Gasteiger partial charge in [-0.15, -0.1) is 0 Å². The van der Waals surface area contributed by atoms with Crippen LogP contribution in [0.1, 0.15) is 15.9 Å². The van der Waals surface area contributed by atoms with Gasteiger partial charge in [0, 0.05) is 29.0 Å². The van der Waals surface area contributed by atoms with Gasteiger partial charge < -0.3 is 10.6 Å². The Morgan fingerprint density at radius 3 is 2.70 bits per heavy atom. The minimum Gasteiger partial charge on any atom is -0.399 e. The number of halogens is 1. The summed E-state index contributed by atoms with van der Waals surface area (Å²) in [7, 11) is 1.63. The quantitative estimate of drug-likeness (QED) is 0.862. The van der Waals surface area contributed by atoms with Crippen molar-refractivity contribution >= 4 is 28.9 Å². The standard InChI is InChI=1S/C15H12ClN3O/c1-19(14-4-2-3-10(5-14)9-17)15(20)11-6-12(16)8-13(18)7-11/h2-8H,18H2,1H3. The number of nitrogens with two attached hydrogens (primary N) is 1. The zero-order valence-corrected chi connectivity index (χ0v) is 11.6. The van der Waals surface area contributed by atoms with Gasteiger partial charge in [0.1, 0.15) is 0 Å². The largest absolute Gasteiger partial charge is 0.399 e. The lowest BCUT2D eigenvalue weighted by Crippen LogP contribution is -2.26. The van der Waals surface area contributed by atoms with E-state index in [1.54, 1.807) is 49.5 Å². The second-order valence-electron chi connectivity index (χ2n) is 4.30. The fourth-order valence-electron chi connectivity index (χ4n) is 1.83. The molecule has 0 fully saturated rings. The van der Waals surface area contributed by atoms with Crippen molar-refractivity contribution < 1.29 is 4.79 Å². The second-order valence-corrected chi connectivity index (χ2v) is 4.74. The molecule has 0 unspecified atom stereocenters. The Labute approximate surface area is 122 Å². The molecule has 0 atom stereocenters. The molecule has 0 radical (unpaired) electrons. The molecule has 0 aliphatic carbocycles. The van der Waals surface area contributed by atoms with E-state index in [1.807, 2.05) is 6.07 Å². The van der Waals surface area contributed by atoms with Crippen LogP contribution in [0.5, 0.6) is 0 Å². The summed E-state index contributed by atoms with van der Waals surface area (Å²) in [5, 5.41) is 9.29. The third-order valence-electron chi connectivity index (χ3n) is 2.83. The highest BCUT2D eigenvalue weighted by atomic mass is 35.5. The maximum absolute atomic E-state index is 12.4. The normalized spacial score (nSPS) is 9.85. The van der Waals surface area contributed by atoms with Crippen molar-refractivity contribution in [2.75, 3.05) is 17.7 Å². The van der Waals surface area contributed by atoms with E-state index in [0.29, 0.717) is 27.5 Å². The summed E-state index contributed by atoms with van der Waals surface area (Å²) >= 11 is 5.90. The molecule has 2 aromatic carbocycles. The minimum absolute atomic E-state index is 0.241. The van der Waals surface area contributed by atoms with Gasteiger partial charge in [0.25, 0.3) is 5.91 Å². The molecule has 5 heteroatoms. The smallest absolute Gasteiger partial charge is 0.258 e. The second kappa shape index (κ2) is 5.64. The van der Waals surface area contributed by atoms with Crippen LogP contribution in [-0.4, -0.2) is 13.0 Å². The van der Waals surface area contributed by atoms with Crippen LogP contribution in [0.3, 0.4) is 0 Å². The number of anilines is 2. The highest BCUT2D eigenvalue weighted by molar-refractivity contribution is 6.31. The Hall–Kier alpha value is -2.51. The first-order valence-electron chi connectivity index (χ1n) is 5.85. The van der Waals surface area contributed by atoms with Gasteiger partial charge in [0.15, 0.2) is 0 Å². The fourth-order valence-corrected chi connectivity index (χ4v) is 2.07. The summed E-state index contributed by atoms with van der Waals surface area (Å²) < 4.78 is 0. The number of carbonyl (C=O) groups is 1. The van der Waals surface area contributed by atoms with Crippen molar-refractivity contribution in [2.45, 2.75) is 0 Å². The maximum atomic E-state index is 12.4. The van der Waals surface area contributed by atoms with E-state index in [9.17, 15) is 4.79 Å². The molecule has 0 heterocycles. The van der Waals surface area contributed by atoms with E-state index in [-0.39, 0.29) is 5.91 Å². The summed E-state index contributed by atoms with van der Waals surface area (Å²) in [6.45, 7) is 0. The molecule has 4 nitrogen and oxygen atoms in total. The monoisotopic (exact) mass is 285 g/mol. The predicted molar refractivity (Wildman–Crippen MR) is 79.8 cm³/mol. The van der Waals surface area contributed by atoms with Gasteiger partial charge in [-0.05, 0) is 36.4 Å². The summed E-state index contributed by atoms with van der Waals surface area (Å²) in [6, 6.07) is 13.6. The molecule has 2 aromatic rings. The Balaban J connectivity index is 2.35. The number of benzene rings is 2. The molecule has 0 saturated heterocycles. The van der Waals surface area contributed by atoms with Crippen LogP contribution in [0.25, 0.3) is 0 Å². The van der Waals surface area contributed by atoms with Crippen molar-refractivity contribution in [1.82, 2.24) is 0 Å². The molecule has 20 heavy (non-hydrogen) atoms. The number of nitrogens with zero attached hydrogens (tertiary/aromatic N) is 2. The van der Waals surface area contributed by atoms with E-state index in [1.165, 1.54) is 4.90 Å². The third kappa shape index (κ3) is 2.90. The van der Waals surface area contributed by atoms with Gasteiger partial charge in [-0.1, -0.05) is 17.7 Å². The molecular formula is C15H12ClN3O. The van der Waals surface area contributed by atoms with E-state index < -0.39 is 0 Å². The predicted octanol–water partition coefficient (Wildman–Crippen LogP) is 3.07. The van der Waals surface area contributed by atoms with Crippen molar-refractivity contribution in [2.24, 2.45) is 0 Å². The molecule has 1 amide bonds. The van der Waals surface area contributed by atoms with Crippen LogP contribution >= 0.6 is 11.6 Å². The molecule has 2 N–H and O–H groups in total. The molecule has 2 rings (SSSR count). The minimum atomic E-state index is -0.241. The van der Waals surface area contributed by atoms with Crippen LogP contribution < -0.4 is 10.6 Å². The highest BCUT2D eigenvalue weighted by Crippen LogP contribution is 2.21. The Morgan fingerprint density at radius 1 is 1.30 bits per heavy atom. The number of amides is 1. The first-order valence-corrected chi connectivity index (χ1v) is 6.23. The van der Waals surface area contributed by atoms with Crippen molar-refractivity contribution in [1.29, 1.82) is 5.26 Å². The van der Waals surface area contributed by atoms with E-state index in [2.05, 4.69) is 0 Å². The summed E-state index contributed by atoms with van der Waals surface area (Å²) in [4.78, 5) is 13.8. The number of rotatable bonds is 2. The number of hydrogen-bond donors (Lipinski definition) is 1. The number of hydrogen-bond acceptors (Lipinski definition) is 3. The maximum Gasteiger partial charge on any atom is 0.258 e. The number of carbonyl (C=O) groups excluding carboxylic acids is 1. The lowest BCUT2D eigenvalue weighted by Gasteiger charge is -2.18. The Kier molecular flexibility index (Phi) is 3.92. The van der Waals surface area contributed by atoms with E-state index in [0.717, 1.165) is 0 Å². The zero-order valence-electron chi connectivity index (χ0n) is 10.8. The van der Waals surface area contributed by atoms with Gasteiger partial charge in [-0.2, -0.15) is 5.26 Å². The van der Waals surface area contributed by atoms with Crippen molar-refractivity contribution in [3.05, 3.63) is 58.6 Å². The summed E-state index contributed by atoms with van der Waals surface area (Å²) in [5.41, 5.74) is 7.64. The molecule has 0 aliphatic rings. The lowest BCUT2D eigenvalue weighted by atomic mass is 10.1. The summed E-state index contributed by atoms with van der Waals surface area (Å²) in [5.74, 6) is -0.241. The van der Waals surface area contributed by atoms with Gasteiger partial charge in [-0.25, -0.2) is 0 Å². The van der Waals surface area contributed by atoms with Gasteiger partial charge in [0.05, 0.1) is 11.6 Å². The Bertz CT molecular complexity index is 686. The van der Waals surface area contributed by atoms with Crippen molar-refractivity contribution in [3.63, 3.8) is 0 Å². The number of nitrogen functional groups attached to an aromatic ring is 1. The van der Waals surface area contributed by atoms with Gasteiger partial charge in [0.2, 0.25) is 0 Å². The SMILES string of the molecule is CN(C(=O)c1cc(N)cc(Cl)c1)c1cccc(C#N)c1. The van der Waals surface area contributed by atoms with Gasteiger partial charge in [-0.3, -0.25) is 4.79 Å². The third-order valence-corrected chi connectivity index (χ3v) is 3.05. The van der Waals surface area contributed by atoms with Crippen LogP contribution in [0.2, 0.25) is 5.02 Å². The molecule has 0 saturated carbocycles. The highest BCUT2D eigenvalue weighted by Gasteiger charge is 2.14. The molecule has 0 spiro atoms. The van der Waals surface area contributed by atoms with E-state index in [4.69, 9.17) is 22.6 Å². The zero-order chi connectivity index (χ0) is 14.7. The van der Waals surface area contributed by atoms with Crippen molar-refractivity contribution in [3.8, 4) is 6.07 Å². The molecular weight excluding hydrogens is 274 g/mol. The fraction of sp³-hybridized carbons (Fsp3) is 0.0667. The topological polar surface area (TPSA) is 70.1 Å². The Morgan fingerprint density at radius 2 is 2.05 bits per heavy atom. The molecule has 0 aliphatic heterocycles. The van der Waals surface area contributed by atoms with Gasteiger partial charge >= 0.3 is 0 Å². The van der Waals surface area contributed by atoms with Crippen LogP contribution in [-0.2, 0) is 0 Å². The lowest BCUT2D eigenvalue weighted by molar-refractivity contribution is 0.0993. The molecule has 0 aromatic heterocycles. The first kappa shape index (κ1) is 13.9. The van der Waals surface area contributed by atoms with Crippen LogP contribution in [0.4, 0.5) is 11.4 Å². The summed E-state index contributed by atoms with van der Waals surface area (Å²) in [6.07, 6.45) is 0. The first-order chi connectivity index (χ1) is 9.51. The molecule has 0 bridgehead atoms. The van der Waals surface area contributed by atoms with Crippen LogP contribution in [0, 0.1) is 11.3 Å². The molecule has 100 valence electrons. The van der Waals surface area contributed by atoms with E-state index >= 15 is 0 Å².